The predicted octanol–water partition coefficient (Wildman–Crippen LogP) is 3.72. The van der Waals surface area contributed by atoms with Crippen molar-refractivity contribution in [2.24, 2.45) is 0 Å². The van der Waals surface area contributed by atoms with Crippen LogP contribution in [0.15, 0.2) is 0 Å². The quantitative estimate of drug-likeness (QED) is 0.361. The molecule has 0 bridgehead atoms. The Morgan fingerprint density at radius 1 is 0.900 bits per heavy atom. The summed E-state index contributed by atoms with van der Waals surface area (Å²) in [4.78, 5) is 11.4. The molecule has 0 amide bonds. The molecule has 0 spiro atoms. The molecule has 0 aromatic rings. The highest BCUT2D eigenvalue weighted by Crippen LogP contribution is 2.07. The minimum atomic E-state index is -0.109. The van der Waals surface area contributed by atoms with Crippen molar-refractivity contribution >= 4 is 5.97 Å². The number of ether oxygens (including phenoxy) is 3. The number of esters is 1. The van der Waals surface area contributed by atoms with Gasteiger partial charge in [0.1, 0.15) is 6.61 Å². The lowest BCUT2D eigenvalue weighted by atomic mass is 10.1. The van der Waals surface area contributed by atoms with Gasteiger partial charge in [-0.2, -0.15) is 0 Å². The fourth-order valence-corrected chi connectivity index (χ4v) is 1.78. The number of rotatable bonds is 14. The van der Waals surface area contributed by atoms with E-state index in [0.717, 1.165) is 12.8 Å². The Bertz CT molecular complexity index is 217. The summed E-state index contributed by atoms with van der Waals surface area (Å²) in [6.45, 7) is 8.11. The minimum absolute atomic E-state index is 0.109. The Balaban J connectivity index is 3.16. The molecule has 120 valence electrons. The minimum Gasteiger partial charge on any atom is -0.463 e. The van der Waals surface area contributed by atoms with Crippen LogP contribution in [0, 0.1) is 0 Å². The lowest BCUT2D eigenvalue weighted by Gasteiger charge is -2.08. The maximum absolute atomic E-state index is 11.4. The van der Waals surface area contributed by atoms with Crippen molar-refractivity contribution < 1.29 is 19.0 Å². The number of unbranched alkanes of at least 4 members (excludes halogenated alkanes) is 5. The largest absolute Gasteiger partial charge is 0.463 e. The van der Waals surface area contributed by atoms with Crippen LogP contribution < -0.4 is 0 Å². The molecule has 0 N–H and O–H groups in total. The first-order chi connectivity index (χ1) is 9.66. The van der Waals surface area contributed by atoms with Gasteiger partial charge >= 0.3 is 5.97 Å². The van der Waals surface area contributed by atoms with E-state index in [2.05, 4.69) is 6.92 Å². The van der Waals surface area contributed by atoms with Crippen LogP contribution in [0.1, 0.15) is 65.7 Å². The third kappa shape index (κ3) is 15.4. The Hall–Kier alpha value is -0.610. The van der Waals surface area contributed by atoms with Crippen LogP contribution in [0.3, 0.4) is 0 Å². The monoisotopic (exact) mass is 288 g/mol. The standard InChI is InChI=1S/C16H32O4/c1-4-5-6-7-8-9-10-16(17)20-14-12-18-11-13-19-15(2)3/h15H,4-14H2,1-3H3. The fourth-order valence-electron chi connectivity index (χ4n) is 1.78. The molecule has 0 rings (SSSR count). The summed E-state index contributed by atoms with van der Waals surface area (Å²) in [6.07, 6.45) is 7.87. The number of hydrogen-bond acceptors (Lipinski definition) is 4. The predicted molar refractivity (Wildman–Crippen MR) is 80.9 cm³/mol. The average molecular weight is 288 g/mol. The zero-order valence-electron chi connectivity index (χ0n) is 13.5. The highest BCUT2D eigenvalue weighted by molar-refractivity contribution is 5.69. The van der Waals surface area contributed by atoms with E-state index in [1.807, 2.05) is 13.8 Å². The zero-order chi connectivity index (χ0) is 15.1. The molecule has 20 heavy (non-hydrogen) atoms. The van der Waals surface area contributed by atoms with Gasteiger partial charge in [0.05, 0.1) is 25.9 Å². The highest BCUT2D eigenvalue weighted by atomic mass is 16.6. The number of carbonyl (C=O) groups excluding carboxylic acids is 1. The summed E-state index contributed by atoms with van der Waals surface area (Å²) in [6, 6.07) is 0. The molecule has 0 aromatic heterocycles. The van der Waals surface area contributed by atoms with Gasteiger partial charge in [-0.05, 0) is 20.3 Å². The van der Waals surface area contributed by atoms with Crippen molar-refractivity contribution in [1.82, 2.24) is 0 Å². The van der Waals surface area contributed by atoms with Crippen molar-refractivity contribution in [2.75, 3.05) is 26.4 Å². The van der Waals surface area contributed by atoms with Gasteiger partial charge in [0.15, 0.2) is 0 Å². The van der Waals surface area contributed by atoms with E-state index in [0.29, 0.717) is 32.8 Å². The summed E-state index contributed by atoms with van der Waals surface area (Å²) in [5.41, 5.74) is 0. The molecule has 0 heterocycles. The molecule has 0 fully saturated rings. The van der Waals surface area contributed by atoms with Gasteiger partial charge in [-0.3, -0.25) is 4.79 Å². The summed E-state index contributed by atoms with van der Waals surface area (Å²) in [7, 11) is 0. The molecule has 0 aromatic carbocycles. The van der Waals surface area contributed by atoms with Gasteiger partial charge in [-0.15, -0.1) is 0 Å². The second-order valence-electron chi connectivity index (χ2n) is 5.27. The molecule has 0 unspecified atom stereocenters. The van der Waals surface area contributed by atoms with E-state index in [-0.39, 0.29) is 12.1 Å². The Morgan fingerprint density at radius 3 is 2.25 bits per heavy atom. The first-order valence-corrected chi connectivity index (χ1v) is 8.01. The average Bonchev–Trinajstić information content (AvgIpc) is 2.41. The normalized spacial score (nSPS) is 11.0. The van der Waals surface area contributed by atoms with Crippen LogP contribution in [0.25, 0.3) is 0 Å². The van der Waals surface area contributed by atoms with Crippen molar-refractivity contribution in [3.05, 3.63) is 0 Å². The molecule has 4 heteroatoms. The first-order valence-electron chi connectivity index (χ1n) is 8.01. The molecule has 0 aliphatic heterocycles. The molecule has 4 nitrogen and oxygen atoms in total. The topological polar surface area (TPSA) is 44.8 Å². The van der Waals surface area contributed by atoms with Gasteiger partial charge in [0.2, 0.25) is 0 Å². The number of carbonyl (C=O) groups is 1. The van der Waals surface area contributed by atoms with Gasteiger partial charge in [-0.1, -0.05) is 39.0 Å². The third-order valence-electron chi connectivity index (χ3n) is 2.90. The van der Waals surface area contributed by atoms with E-state index < -0.39 is 0 Å². The molecule has 0 saturated heterocycles. The maximum atomic E-state index is 11.4. The van der Waals surface area contributed by atoms with E-state index >= 15 is 0 Å². The lowest BCUT2D eigenvalue weighted by molar-refractivity contribution is -0.145. The van der Waals surface area contributed by atoms with Crippen molar-refractivity contribution in [3.8, 4) is 0 Å². The smallest absolute Gasteiger partial charge is 0.305 e. The Kier molecular flexibility index (Phi) is 14.3. The second kappa shape index (κ2) is 14.8. The first kappa shape index (κ1) is 19.4. The van der Waals surface area contributed by atoms with Crippen LogP contribution in [-0.2, 0) is 19.0 Å². The van der Waals surface area contributed by atoms with Crippen LogP contribution in [0.2, 0.25) is 0 Å². The summed E-state index contributed by atoms with van der Waals surface area (Å²) < 4.78 is 15.7. The summed E-state index contributed by atoms with van der Waals surface area (Å²) >= 11 is 0. The van der Waals surface area contributed by atoms with Crippen LogP contribution in [0.4, 0.5) is 0 Å². The Labute approximate surface area is 124 Å². The van der Waals surface area contributed by atoms with E-state index in [1.165, 1.54) is 25.7 Å². The van der Waals surface area contributed by atoms with Gasteiger partial charge in [0, 0.05) is 6.42 Å². The van der Waals surface area contributed by atoms with E-state index in [9.17, 15) is 4.79 Å². The zero-order valence-corrected chi connectivity index (χ0v) is 13.5. The van der Waals surface area contributed by atoms with Crippen molar-refractivity contribution in [1.29, 1.82) is 0 Å². The molecule has 0 aliphatic carbocycles. The van der Waals surface area contributed by atoms with E-state index in [4.69, 9.17) is 14.2 Å². The summed E-state index contributed by atoms with van der Waals surface area (Å²) in [5, 5.41) is 0. The summed E-state index contributed by atoms with van der Waals surface area (Å²) in [5.74, 6) is -0.109. The third-order valence-corrected chi connectivity index (χ3v) is 2.90. The molecular formula is C16H32O4. The molecule has 0 aliphatic rings. The van der Waals surface area contributed by atoms with Gasteiger partial charge in [0.25, 0.3) is 0 Å². The Morgan fingerprint density at radius 2 is 1.55 bits per heavy atom. The highest BCUT2D eigenvalue weighted by Gasteiger charge is 2.02. The SMILES string of the molecule is CCCCCCCCC(=O)OCCOCCOC(C)C. The molecule has 0 saturated carbocycles. The molecule has 0 radical (unpaired) electrons. The fraction of sp³-hybridized carbons (Fsp3) is 0.938. The van der Waals surface area contributed by atoms with Crippen LogP contribution in [-0.4, -0.2) is 38.5 Å². The van der Waals surface area contributed by atoms with Gasteiger partial charge < -0.3 is 14.2 Å². The van der Waals surface area contributed by atoms with Crippen LogP contribution >= 0.6 is 0 Å². The van der Waals surface area contributed by atoms with Gasteiger partial charge in [-0.25, -0.2) is 0 Å². The lowest BCUT2D eigenvalue weighted by Crippen LogP contribution is -2.14. The second-order valence-corrected chi connectivity index (χ2v) is 5.27. The van der Waals surface area contributed by atoms with Crippen LogP contribution in [0.5, 0.6) is 0 Å². The number of hydrogen-bond donors (Lipinski definition) is 0. The molecular weight excluding hydrogens is 256 g/mol. The molecule has 0 atom stereocenters. The maximum Gasteiger partial charge on any atom is 0.305 e. The van der Waals surface area contributed by atoms with Crippen molar-refractivity contribution in [2.45, 2.75) is 71.8 Å². The van der Waals surface area contributed by atoms with Crippen molar-refractivity contribution in [3.63, 3.8) is 0 Å². The van der Waals surface area contributed by atoms with E-state index in [1.54, 1.807) is 0 Å².